The molecular formula is C18H23NO. The Morgan fingerprint density at radius 3 is 2.25 bits per heavy atom. The number of phenolic OH excluding ortho intramolecular Hbond substituents is 1. The highest BCUT2D eigenvalue weighted by Gasteiger charge is 2.09. The lowest BCUT2D eigenvalue weighted by Gasteiger charge is -2.20. The van der Waals surface area contributed by atoms with Gasteiger partial charge in [-0.25, -0.2) is 0 Å². The van der Waals surface area contributed by atoms with Gasteiger partial charge in [0.15, 0.2) is 0 Å². The maximum absolute atomic E-state index is 9.31. The molecule has 2 heteroatoms. The second kappa shape index (κ2) is 6.47. The van der Waals surface area contributed by atoms with Gasteiger partial charge in [-0.2, -0.15) is 0 Å². The molecule has 1 atom stereocenters. The van der Waals surface area contributed by atoms with Gasteiger partial charge in [-0.15, -0.1) is 0 Å². The number of hydrogen-bond acceptors (Lipinski definition) is 2. The number of anilines is 1. The number of rotatable bonds is 5. The Kier molecular flexibility index (Phi) is 4.67. The summed E-state index contributed by atoms with van der Waals surface area (Å²) >= 11 is 0. The van der Waals surface area contributed by atoms with Crippen LogP contribution in [0.25, 0.3) is 0 Å². The Morgan fingerprint density at radius 2 is 1.60 bits per heavy atom. The summed E-state index contributed by atoms with van der Waals surface area (Å²) in [4.78, 5) is 0. The largest absolute Gasteiger partial charge is 0.508 e. The number of aromatic hydroxyl groups is 1. The van der Waals surface area contributed by atoms with Crippen molar-refractivity contribution in [1.82, 2.24) is 0 Å². The average molecular weight is 269 g/mol. The molecule has 2 nitrogen and oxygen atoms in total. The van der Waals surface area contributed by atoms with Gasteiger partial charge < -0.3 is 10.4 Å². The molecule has 20 heavy (non-hydrogen) atoms. The van der Waals surface area contributed by atoms with Crippen molar-refractivity contribution in [3.63, 3.8) is 0 Å². The Hall–Kier alpha value is -1.96. The van der Waals surface area contributed by atoms with Crippen molar-refractivity contribution in [2.75, 3.05) is 5.32 Å². The summed E-state index contributed by atoms with van der Waals surface area (Å²) in [5, 5.41) is 12.9. The summed E-state index contributed by atoms with van der Waals surface area (Å²) in [6.07, 6.45) is 0.937. The molecule has 2 aromatic rings. The van der Waals surface area contributed by atoms with Gasteiger partial charge in [-0.3, -0.25) is 0 Å². The van der Waals surface area contributed by atoms with Gasteiger partial charge in [-0.1, -0.05) is 44.2 Å². The summed E-state index contributed by atoms with van der Waals surface area (Å²) < 4.78 is 0. The normalized spacial score (nSPS) is 12.4. The van der Waals surface area contributed by atoms with Crippen LogP contribution in [0.1, 0.15) is 37.8 Å². The van der Waals surface area contributed by atoms with E-state index in [1.165, 1.54) is 16.8 Å². The minimum Gasteiger partial charge on any atom is -0.508 e. The quantitative estimate of drug-likeness (QED) is 0.834. The summed E-state index contributed by atoms with van der Waals surface area (Å²) in [7, 11) is 0. The Bertz CT molecular complexity index is 546. The van der Waals surface area contributed by atoms with Crippen molar-refractivity contribution in [3.8, 4) is 5.75 Å². The van der Waals surface area contributed by atoms with Crippen molar-refractivity contribution in [3.05, 3.63) is 59.7 Å². The third-order valence-corrected chi connectivity index (χ3v) is 3.46. The number of benzene rings is 2. The van der Waals surface area contributed by atoms with E-state index in [1.807, 2.05) is 12.1 Å². The summed E-state index contributed by atoms with van der Waals surface area (Å²) in [5.74, 6) is 0.832. The van der Waals surface area contributed by atoms with Crippen molar-refractivity contribution in [2.24, 2.45) is 0 Å². The molecule has 106 valence electrons. The van der Waals surface area contributed by atoms with Crippen LogP contribution in [0.2, 0.25) is 0 Å². The van der Waals surface area contributed by atoms with Crippen molar-refractivity contribution < 1.29 is 5.11 Å². The van der Waals surface area contributed by atoms with Crippen LogP contribution in [0, 0.1) is 0 Å². The van der Waals surface area contributed by atoms with Gasteiger partial charge in [-0.05, 0) is 48.6 Å². The van der Waals surface area contributed by atoms with Crippen LogP contribution in [-0.2, 0) is 6.42 Å². The predicted octanol–water partition coefficient (Wildman–Crippen LogP) is 4.56. The Morgan fingerprint density at radius 1 is 0.950 bits per heavy atom. The summed E-state index contributed by atoms with van der Waals surface area (Å²) in [5.41, 5.74) is 3.80. The lowest BCUT2D eigenvalue weighted by atomic mass is 10.00. The molecule has 1 unspecified atom stereocenters. The zero-order valence-corrected chi connectivity index (χ0v) is 12.4. The predicted molar refractivity (Wildman–Crippen MR) is 85.4 cm³/mol. The molecule has 0 aromatic heterocycles. The molecule has 2 N–H and O–H groups in total. The molecule has 0 saturated carbocycles. The smallest absolute Gasteiger partial charge is 0.115 e. The van der Waals surface area contributed by atoms with E-state index in [4.69, 9.17) is 0 Å². The van der Waals surface area contributed by atoms with E-state index in [1.54, 1.807) is 12.1 Å². The lowest BCUT2D eigenvalue weighted by molar-refractivity contribution is 0.475. The molecule has 2 aromatic carbocycles. The molecule has 2 rings (SSSR count). The van der Waals surface area contributed by atoms with Gasteiger partial charge in [0, 0.05) is 11.7 Å². The fraction of sp³-hybridized carbons (Fsp3) is 0.333. The summed E-state index contributed by atoms with van der Waals surface area (Å²) in [6, 6.07) is 16.3. The molecule has 0 fully saturated rings. The van der Waals surface area contributed by atoms with Gasteiger partial charge >= 0.3 is 0 Å². The second-order valence-corrected chi connectivity index (χ2v) is 5.66. The van der Waals surface area contributed by atoms with E-state index in [0.717, 1.165) is 6.42 Å². The maximum Gasteiger partial charge on any atom is 0.115 e. The van der Waals surface area contributed by atoms with Crippen LogP contribution in [0.3, 0.4) is 0 Å². The van der Waals surface area contributed by atoms with Crippen molar-refractivity contribution in [1.29, 1.82) is 0 Å². The molecule has 0 saturated heterocycles. The highest BCUT2D eigenvalue weighted by atomic mass is 16.3. The maximum atomic E-state index is 9.31. The Balaban J connectivity index is 2.04. The highest BCUT2D eigenvalue weighted by Crippen LogP contribution is 2.24. The van der Waals surface area contributed by atoms with Gasteiger partial charge in [0.05, 0.1) is 0 Å². The molecule has 0 aliphatic carbocycles. The number of para-hydroxylation sites is 1. The van der Waals surface area contributed by atoms with E-state index in [9.17, 15) is 5.11 Å². The van der Waals surface area contributed by atoms with Crippen molar-refractivity contribution >= 4 is 5.69 Å². The van der Waals surface area contributed by atoms with Gasteiger partial charge in [0.25, 0.3) is 0 Å². The van der Waals surface area contributed by atoms with Gasteiger partial charge in [0.2, 0.25) is 0 Å². The zero-order chi connectivity index (χ0) is 14.5. The molecule has 0 amide bonds. The first-order chi connectivity index (χ1) is 9.56. The van der Waals surface area contributed by atoms with E-state index in [0.29, 0.717) is 17.7 Å². The molecule has 0 heterocycles. The fourth-order valence-electron chi connectivity index (χ4n) is 2.43. The second-order valence-electron chi connectivity index (χ2n) is 5.66. The molecule has 0 bridgehead atoms. The van der Waals surface area contributed by atoms with E-state index < -0.39 is 0 Å². The fourth-order valence-corrected chi connectivity index (χ4v) is 2.43. The van der Waals surface area contributed by atoms with Crippen LogP contribution in [0.4, 0.5) is 5.69 Å². The first-order valence-electron chi connectivity index (χ1n) is 7.19. The molecule has 0 aliphatic rings. The third kappa shape index (κ3) is 3.77. The molecule has 0 spiro atoms. The number of phenols is 1. The third-order valence-electron chi connectivity index (χ3n) is 3.46. The topological polar surface area (TPSA) is 32.3 Å². The molecular weight excluding hydrogens is 246 g/mol. The highest BCUT2D eigenvalue weighted by molar-refractivity contribution is 5.53. The SMILES string of the molecule is CC(Cc1ccc(O)cc1)Nc1ccccc1C(C)C. The van der Waals surface area contributed by atoms with Crippen molar-refractivity contribution in [2.45, 2.75) is 39.2 Å². The van der Waals surface area contributed by atoms with Crippen LogP contribution < -0.4 is 5.32 Å². The van der Waals surface area contributed by atoms with E-state index in [2.05, 4.69) is 50.4 Å². The molecule has 0 aliphatic heterocycles. The Labute approximate surface area is 121 Å². The van der Waals surface area contributed by atoms with Crippen LogP contribution >= 0.6 is 0 Å². The van der Waals surface area contributed by atoms with E-state index in [-0.39, 0.29) is 0 Å². The molecule has 0 radical (unpaired) electrons. The van der Waals surface area contributed by atoms with E-state index >= 15 is 0 Å². The lowest BCUT2D eigenvalue weighted by Crippen LogP contribution is -2.19. The summed E-state index contributed by atoms with van der Waals surface area (Å²) in [6.45, 7) is 6.61. The monoisotopic (exact) mass is 269 g/mol. The van der Waals surface area contributed by atoms with Crippen LogP contribution in [0.5, 0.6) is 5.75 Å². The van der Waals surface area contributed by atoms with Gasteiger partial charge in [0.1, 0.15) is 5.75 Å². The van der Waals surface area contributed by atoms with Crippen LogP contribution in [-0.4, -0.2) is 11.1 Å². The minimum absolute atomic E-state index is 0.319. The first-order valence-corrected chi connectivity index (χ1v) is 7.19. The average Bonchev–Trinajstić information content (AvgIpc) is 2.41. The number of nitrogens with one attached hydrogen (secondary N) is 1. The number of hydrogen-bond donors (Lipinski definition) is 2. The first kappa shape index (κ1) is 14.4. The van der Waals surface area contributed by atoms with Crippen LogP contribution in [0.15, 0.2) is 48.5 Å². The minimum atomic E-state index is 0.319. The standard InChI is InChI=1S/C18H23NO/c1-13(2)17-6-4-5-7-18(17)19-14(3)12-15-8-10-16(20)11-9-15/h4-11,13-14,19-20H,12H2,1-3H3. The zero-order valence-electron chi connectivity index (χ0n) is 12.4.